The summed E-state index contributed by atoms with van der Waals surface area (Å²) in [6.07, 6.45) is 5.17. The molecule has 0 saturated carbocycles. The Balaban J connectivity index is 1.79. The smallest absolute Gasteiger partial charge is 0.303 e. The van der Waals surface area contributed by atoms with Crippen LogP contribution in [0.3, 0.4) is 0 Å². The van der Waals surface area contributed by atoms with Crippen LogP contribution in [0.15, 0.2) is 23.7 Å². The number of hydrogen-bond donors (Lipinski definition) is 1. The van der Waals surface area contributed by atoms with Crippen molar-refractivity contribution in [2.75, 3.05) is 6.54 Å². The number of hydrogen-bond acceptors (Lipinski definition) is 4. The Labute approximate surface area is 132 Å². The van der Waals surface area contributed by atoms with Crippen LogP contribution in [0.1, 0.15) is 42.5 Å². The first-order chi connectivity index (χ1) is 10.6. The molecule has 1 atom stereocenters. The van der Waals surface area contributed by atoms with Gasteiger partial charge in [0.1, 0.15) is 0 Å². The summed E-state index contributed by atoms with van der Waals surface area (Å²) in [7, 11) is 0. The van der Waals surface area contributed by atoms with Gasteiger partial charge in [0.05, 0.1) is 15.8 Å². The van der Waals surface area contributed by atoms with E-state index in [2.05, 4.69) is 4.98 Å². The molecule has 1 fully saturated rings. The van der Waals surface area contributed by atoms with Crippen molar-refractivity contribution < 1.29 is 14.7 Å². The van der Waals surface area contributed by atoms with Gasteiger partial charge in [0.25, 0.3) is 5.91 Å². The highest BCUT2D eigenvalue weighted by molar-refractivity contribution is 7.17. The van der Waals surface area contributed by atoms with Crippen LogP contribution in [0.5, 0.6) is 0 Å². The zero-order chi connectivity index (χ0) is 15.5. The molecule has 0 radical (unpaired) electrons. The van der Waals surface area contributed by atoms with E-state index >= 15 is 0 Å². The lowest BCUT2D eigenvalue weighted by molar-refractivity contribution is -0.137. The van der Waals surface area contributed by atoms with Gasteiger partial charge in [0.15, 0.2) is 0 Å². The molecule has 22 heavy (non-hydrogen) atoms. The summed E-state index contributed by atoms with van der Waals surface area (Å²) in [5.74, 6) is -0.836. The van der Waals surface area contributed by atoms with Gasteiger partial charge in [-0.15, -0.1) is 11.3 Å². The second kappa shape index (κ2) is 6.44. The van der Waals surface area contributed by atoms with Crippen LogP contribution < -0.4 is 0 Å². The van der Waals surface area contributed by atoms with Gasteiger partial charge in [-0.05, 0) is 43.2 Å². The molecular formula is C16H18N2O3S. The number of carbonyl (C=O) groups is 2. The van der Waals surface area contributed by atoms with E-state index in [0.717, 1.165) is 29.5 Å². The van der Waals surface area contributed by atoms with Gasteiger partial charge >= 0.3 is 5.97 Å². The summed E-state index contributed by atoms with van der Waals surface area (Å²) in [6, 6.07) is 3.85. The van der Waals surface area contributed by atoms with Gasteiger partial charge in [-0.2, -0.15) is 0 Å². The number of aromatic nitrogens is 1. The van der Waals surface area contributed by atoms with Crippen molar-refractivity contribution in [1.82, 2.24) is 9.88 Å². The summed E-state index contributed by atoms with van der Waals surface area (Å²) in [5, 5.41) is 10.8. The Kier molecular flexibility index (Phi) is 4.38. The minimum absolute atomic E-state index is 0.0244. The lowest BCUT2D eigenvalue weighted by Crippen LogP contribution is -2.44. The third-order valence-electron chi connectivity index (χ3n) is 4.13. The molecule has 0 spiro atoms. The molecule has 3 rings (SSSR count). The molecule has 1 N–H and O–H groups in total. The predicted molar refractivity (Wildman–Crippen MR) is 85.2 cm³/mol. The number of thiophene rings is 1. The molecule has 116 valence electrons. The number of carbonyl (C=O) groups excluding carboxylic acids is 1. The minimum Gasteiger partial charge on any atom is -0.481 e. The number of amides is 1. The van der Waals surface area contributed by atoms with Crippen LogP contribution in [-0.2, 0) is 4.79 Å². The highest BCUT2D eigenvalue weighted by Crippen LogP contribution is 2.25. The number of likely N-dealkylation sites (tertiary alicyclic amines) is 1. The summed E-state index contributed by atoms with van der Waals surface area (Å²) < 4.78 is 1.00. The van der Waals surface area contributed by atoms with E-state index in [9.17, 15) is 9.59 Å². The number of aliphatic carboxylic acids is 1. The summed E-state index contributed by atoms with van der Waals surface area (Å²) in [4.78, 5) is 29.7. The average molecular weight is 318 g/mol. The number of fused-ring (bicyclic) bond motifs is 1. The Bertz CT molecular complexity index is 698. The maximum absolute atomic E-state index is 12.8. The number of carboxylic acid groups (broad SMARTS) is 1. The molecule has 6 heteroatoms. The molecule has 2 aromatic rings. The van der Waals surface area contributed by atoms with Crippen LogP contribution in [0.4, 0.5) is 0 Å². The van der Waals surface area contributed by atoms with Gasteiger partial charge in [-0.1, -0.05) is 0 Å². The number of pyridine rings is 1. The second-order valence-electron chi connectivity index (χ2n) is 5.61. The van der Waals surface area contributed by atoms with Gasteiger partial charge < -0.3 is 10.0 Å². The summed E-state index contributed by atoms with van der Waals surface area (Å²) in [5.41, 5.74) is 1.50. The van der Waals surface area contributed by atoms with E-state index in [1.807, 2.05) is 22.4 Å². The fraction of sp³-hybridized carbons (Fsp3) is 0.438. The van der Waals surface area contributed by atoms with Gasteiger partial charge in [-0.25, -0.2) is 0 Å². The monoisotopic (exact) mass is 318 g/mol. The van der Waals surface area contributed by atoms with Crippen molar-refractivity contribution in [2.24, 2.45) is 0 Å². The SMILES string of the molecule is O=C(O)CCC1CCCCN1C(=O)c1cnc2ccsc2c1. The van der Waals surface area contributed by atoms with E-state index < -0.39 is 5.97 Å². The molecule has 0 aromatic carbocycles. The quantitative estimate of drug-likeness (QED) is 0.940. The predicted octanol–water partition coefficient (Wildman–Crippen LogP) is 3.16. The van der Waals surface area contributed by atoms with Gasteiger partial charge in [0, 0.05) is 25.2 Å². The van der Waals surface area contributed by atoms with E-state index in [4.69, 9.17) is 5.11 Å². The maximum atomic E-state index is 12.8. The molecule has 0 bridgehead atoms. The molecule has 2 aromatic heterocycles. The molecule has 1 aliphatic heterocycles. The average Bonchev–Trinajstić information content (AvgIpc) is 3.00. The minimum atomic E-state index is -0.806. The van der Waals surface area contributed by atoms with Gasteiger partial charge in [-0.3, -0.25) is 14.6 Å². The summed E-state index contributed by atoms with van der Waals surface area (Å²) in [6.45, 7) is 0.700. The summed E-state index contributed by atoms with van der Waals surface area (Å²) >= 11 is 1.57. The molecule has 3 heterocycles. The van der Waals surface area contributed by atoms with Crippen molar-refractivity contribution in [3.8, 4) is 0 Å². The van der Waals surface area contributed by atoms with Crippen LogP contribution in [0.25, 0.3) is 10.2 Å². The van der Waals surface area contributed by atoms with Crippen LogP contribution in [-0.4, -0.2) is 39.5 Å². The molecule has 1 saturated heterocycles. The van der Waals surface area contributed by atoms with Crippen molar-refractivity contribution >= 4 is 33.4 Å². The van der Waals surface area contributed by atoms with E-state index in [0.29, 0.717) is 18.5 Å². The number of carboxylic acids is 1. The second-order valence-corrected chi connectivity index (χ2v) is 6.56. The molecule has 5 nitrogen and oxygen atoms in total. The zero-order valence-corrected chi connectivity index (χ0v) is 13.0. The highest BCUT2D eigenvalue weighted by Gasteiger charge is 2.28. The first kappa shape index (κ1) is 15.0. The normalized spacial score (nSPS) is 18.5. The third kappa shape index (κ3) is 3.11. The molecule has 1 amide bonds. The standard InChI is InChI=1S/C16H18N2O3S/c19-15(20)5-4-12-3-1-2-7-18(12)16(21)11-9-14-13(17-10-11)6-8-22-14/h6,8-10,12H,1-5,7H2,(H,19,20). The van der Waals surface area contributed by atoms with Crippen molar-refractivity contribution in [3.63, 3.8) is 0 Å². The van der Waals surface area contributed by atoms with Crippen molar-refractivity contribution in [3.05, 3.63) is 29.3 Å². The highest BCUT2D eigenvalue weighted by atomic mass is 32.1. The first-order valence-corrected chi connectivity index (χ1v) is 8.39. The van der Waals surface area contributed by atoms with Crippen LogP contribution in [0.2, 0.25) is 0 Å². The fourth-order valence-electron chi connectivity index (χ4n) is 2.99. The lowest BCUT2D eigenvalue weighted by Gasteiger charge is -2.35. The number of piperidine rings is 1. The molecule has 1 unspecified atom stereocenters. The topological polar surface area (TPSA) is 70.5 Å². The number of nitrogens with zero attached hydrogens (tertiary/aromatic N) is 2. The largest absolute Gasteiger partial charge is 0.481 e. The third-order valence-corrected chi connectivity index (χ3v) is 4.98. The lowest BCUT2D eigenvalue weighted by atomic mass is 9.97. The Morgan fingerprint density at radius 1 is 1.41 bits per heavy atom. The first-order valence-electron chi connectivity index (χ1n) is 7.51. The molecule has 0 aliphatic carbocycles. The fourth-order valence-corrected chi connectivity index (χ4v) is 3.77. The molecular weight excluding hydrogens is 300 g/mol. The van der Waals surface area contributed by atoms with Gasteiger partial charge in [0.2, 0.25) is 0 Å². The van der Waals surface area contributed by atoms with Crippen LogP contribution in [0, 0.1) is 0 Å². The van der Waals surface area contributed by atoms with Crippen molar-refractivity contribution in [2.45, 2.75) is 38.1 Å². The molecule has 1 aliphatic rings. The van der Waals surface area contributed by atoms with Crippen LogP contribution >= 0.6 is 11.3 Å². The Hall–Kier alpha value is -1.95. The maximum Gasteiger partial charge on any atom is 0.303 e. The van der Waals surface area contributed by atoms with E-state index in [-0.39, 0.29) is 18.4 Å². The number of rotatable bonds is 4. The Morgan fingerprint density at radius 2 is 2.27 bits per heavy atom. The Morgan fingerprint density at radius 3 is 3.09 bits per heavy atom. The van der Waals surface area contributed by atoms with E-state index in [1.54, 1.807) is 17.5 Å². The van der Waals surface area contributed by atoms with Crippen molar-refractivity contribution in [1.29, 1.82) is 0 Å². The van der Waals surface area contributed by atoms with E-state index in [1.165, 1.54) is 0 Å². The zero-order valence-electron chi connectivity index (χ0n) is 12.2.